The zero-order valence-corrected chi connectivity index (χ0v) is 12.1. The van der Waals surface area contributed by atoms with Crippen molar-refractivity contribution in [2.45, 2.75) is 31.1 Å². The Morgan fingerprint density at radius 1 is 1.20 bits per heavy atom. The number of hydrogen-bond donors (Lipinski definition) is 1. The summed E-state index contributed by atoms with van der Waals surface area (Å²) in [5, 5.41) is 1.41. The number of thioether (sulfide) groups is 1. The Bertz CT molecular complexity index is 500. The lowest BCUT2D eigenvalue weighted by Gasteiger charge is -2.26. The van der Waals surface area contributed by atoms with Crippen LogP contribution in [0.15, 0.2) is 30.3 Å². The molecule has 1 aliphatic carbocycles. The van der Waals surface area contributed by atoms with Crippen molar-refractivity contribution in [3.63, 3.8) is 0 Å². The summed E-state index contributed by atoms with van der Waals surface area (Å²) in [7, 11) is 0. The molecule has 20 heavy (non-hydrogen) atoms. The molecule has 0 aromatic heterocycles. The number of carbonyl (C=O) groups is 2. The molecular formula is C15H18N2O2S. The topological polar surface area (TPSA) is 49.4 Å². The molecule has 1 unspecified atom stereocenters. The smallest absolute Gasteiger partial charge is 0.252 e. The molecule has 1 saturated carbocycles. The number of nitrogens with one attached hydrogen (secondary N) is 1. The molecule has 2 fully saturated rings. The molecule has 1 aromatic rings. The van der Waals surface area contributed by atoms with Gasteiger partial charge in [-0.1, -0.05) is 43.2 Å². The Morgan fingerprint density at radius 2 is 1.90 bits per heavy atom. The van der Waals surface area contributed by atoms with E-state index >= 15 is 0 Å². The van der Waals surface area contributed by atoms with Gasteiger partial charge in [-0.05, 0) is 18.4 Å². The van der Waals surface area contributed by atoms with E-state index in [1.165, 1.54) is 5.01 Å². The molecule has 4 nitrogen and oxygen atoms in total. The number of rotatable bonds is 3. The molecule has 106 valence electrons. The minimum Gasteiger partial charge on any atom is -0.273 e. The first-order valence-corrected chi connectivity index (χ1v) is 8.09. The quantitative estimate of drug-likeness (QED) is 0.930. The van der Waals surface area contributed by atoms with Gasteiger partial charge >= 0.3 is 0 Å². The highest BCUT2D eigenvalue weighted by Gasteiger charge is 2.35. The standard InChI is InChI=1S/C15H18N2O2S/c18-13-10-20-15(12-8-2-1-3-9-12)17(13)16-14(19)11-6-4-5-7-11/h1-3,8-9,11,15H,4-7,10H2,(H,16,19). The van der Waals surface area contributed by atoms with E-state index in [0.29, 0.717) is 5.75 Å². The Balaban J connectivity index is 1.72. The molecular weight excluding hydrogens is 272 g/mol. The second-order valence-electron chi connectivity index (χ2n) is 5.30. The van der Waals surface area contributed by atoms with Gasteiger partial charge in [0, 0.05) is 5.92 Å². The second-order valence-corrected chi connectivity index (χ2v) is 6.36. The van der Waals surface area contributed by atoms with E-state index in [2.05, 4.69) is 5.43 Å². The van der Waals surface area contributed by atoms with Gasteiger partial charge in [-0.3, -0.25) is 15.0 Å². The van der Waals surface area contributed by atoms with E-state index in [1.807, 2.05) is 30.3 Å². The highest BCUT2D eigenvalue weighted by molar-refractivity contribution is 8.00. The number of hydrogen-bond acceptors (Lipinski definition) is 3. The summed E-state index contributed by atoms with van der Waals surface area (Å²) in [6.45, 7) is 0. The highest BCUT2D eigenvalue weighted by atomic mass is 32.2. The molecule has 1 N–H and O–H groups in total. The Hall–Kier alpha value is -1.49. The van der Waals surface area contributed by atoms with Gasteiger partial charge < -0.3 is 0 Å². The van der Waals surface area contributed by atoms with E-state index in [-0.39, 0.29) is 23.1 Å². The monoisotopic (exact) mass is 290 g/mol. The van der Waals surface area contributed by atoms with Crippen LogP contribution in [-0.4, -0.2) is 22.6 Å². The number of nitrogens with zero attached hydrogens (tertiary/aromatic N) is 1. The second kappa shape index (κ2) is 5.87. The third-order valence-electron chi connectivity index (χ3n) is 3.91. The SMILES string of the molecule is O=C(NN1C(=O)CSC1c1ccccc1)C1CCCC1. The Labute approximate surface area is 122 Å². The summed E-state index contributed by atoms with van der Waals surface area (Å²) in [6, 6.07) is 9.84. The number of carbonyl (C=O) groups excluding carboxylic acids is 2. The minimum absolute atomic E-state index is 0.000666. The molecule has 2 aliphatic rings. The summed E-state index contributed by atoms with van der Waals surface area (Å²) in [5.41, 5.74) is 3.89. The summed E-state index contributed by atoms with van der Waals surface area (Å²) in [4.78, 5) is 24.2. The molecule has 1 aromatic carbocycles. The molecule has 3 rings (SSSR count). The van der Waals surface area contributed by atoms with Gasteiger partial charge in [-0.2, -0.15) is 0 Å². The lowest BCUT2D eigenvalue weighted by Crippen LogP contribution is -2.46. The Morgan fingerprint density at radius 3 is 2.60 bits per heavy atom. The van der Waals surface area contributed by atoms with Crippen LogP contribution in [0.2, 0.25) is 0 Å². The summed E-state index contributed by atoms with van der Waals surface area (Å²) in [6.07, 6.45) is 4.11. The van der Waals surface area contributed by atoms with Gasteiger partial charge in [0.15, 0.2) is 0 Å². The molecule has 5 heteroatoms. The largest absolute Gasteiger partial charge is 0.273 e. The van der Waals surface area contributed by atoms with Gasteiger partial charge in [0.1, 0.15) is 5.37 Å². The van der Waals surface area contributed by atoms with Crippen molar-refractivity contribution in [1.29, 1.82) is 0 Å². The van der Waals surface area contributed by atoms with E-state index in [1.54, 1.807) is 11.8 Å². The van der Waals surface area contributed by atoms with E-state index in [9.17, 15) is 9.59 Å². The van der Waals surface area contributed by atoms with Gasteiger partial charge in [-0.15, -0.1) is 11.8 Å². The molecule has 0 bridgehead atoms. The lowest BCUT2D eigenvalue weighted by atomic mass is 10.1. The van der Waals surface area contributed by atoms with E-state index < -0.39 is 0 Å². The zero-order chi connectivity index (χ0) is 13.9. The molecule has 1 heterocycles. The molecule has 1 aliphatic heterocycles. The van der Waals surface area contributed by atoms with Crippen molar-refractivity contribution in [3.8, 4) is 0 Å². The summed E-state index contributed by atoms with van der Waals surface area (Å²) >= 11 is 1.56. The lowest BCUT2D eigenvalue weighted by molar-refractivity contribution is -0.141. The van der Waals surface area contributed by atoms with Crippen LogP contribution in [0.4, 0.5) is 0 Å². The van der Waals surface area contributed by atoms with Crippen LogP contribution in [0.3, 0.4) is 0 Å². The molecule has 0 radical (unpaired) electrons. The van der Waals surface area contributed by atoms with Crippen molar-refractivity contribution in [1.82, 2.24) is 10.4 Å². The average Bonchev–Trinajstić information content (AvgIpc) is 3.11. The maximum atomic E-state index is 12.2. The van der Waals surface area contributed by atoms with Crippen molar-refractivity contribution < 1.29 is 9.59 Å². The van der Waals surface area contributed by atoms with Crippen LogP contribution in [0.5, 0.6) is 0 Å². The fourth-order valence-electron chi connectivity index (χ4n) is 2.81. The van der Waals surface area contributed by atoms with Crippen molar-refractivity contribution in [3.05, 3.63) is 35.9 Å². The first kappa shape index (κ1) is 13.5. The van der Waals surface area contributed by atoms with Crippen LogP contribution in [0, 0.1) is 5.92 Å². The Kier molecular flexibility index (Phi) is 3.96. The normalized spacial score (nSPS) is 23.3. The summed E-state index contributed by atoms with van der Waals surface area (Å²) in [5.74, 6) is 0.476. The number of benzene rings is 1. The van der Waals surface area contributed by atoms with Crippen LogP contribution in [-0.2, 0) is 9.59 Å². The minimum atomic E-state index is -0.103. The van der Waals surface area contributed by atoms with Gasteiger partial charge in [0.05, 0.1) is 5.75 Å². The zero-order valence-electron chi connectivity index (χ0n) is 11.2. The molecule has 0 spiro atoms. The first-order valence-electron chi connectivity index (χ1n) is 7.05. The third kappa shape index (κ3) is 2.68. The predicted octanol–water partition coefficient (Wildman–Crippen LogP) is 2.48. The van der Waals surface area contributed by atoms with Crippen LogP contribution < -0.4 is 5.43 Å². The molecule has 2 amide bonds. The maximum absolute atomic E-state index is 12.2. The number of hydrazine groups is 1. The van der Waals surface area contributed by atoms with Gasteiger partial charge in [0.2, 0.25) is 5.91 Å². The van der Waals surface area contributed by atoms with Crippen LogP contribution >= 0.6 is 11.8 Å². The fraction of sp³-hybridized carbons (Fsp3) is 0.467. The van der Waals surface area contributed by atoms with Crippen molar-refractivity contribution in [2.75, 3.05) is 5.75 Å². The van der Waals surface area contributed by atoms with Gasteiger partial charge in [0.25, 0.3) is 5.91 Å². The molecule has 1 saturated heterocycles. The highest BCUT2D eigenvalue weighted by Crippen LogP contribution is 2.37. The average molecular weight is 290 g/mol. The maximum Gasteiger partial charge on any atom is 0.252 e. The predicted molar refractivity (Wildman–Crippen MR) is 78.6 cm³/mol. The van der Waals surface area contributed by atoms with Crippen LogP contribution in [0.25, 0.3) is 0 Å². The first-order chi connectivity index (χ1) is 9.75. The summed E-state index contributed by atoms with van der Waals surface area (Å²) < 4.78 is 0. The number of amides is 2. The third-order valence-corrected chi connectivity index (χ3v) is 5.12. The van der Waals surface area contributed by atoms with Gasteiger partial charge in [-0.25, -0.2) is 5.01 Å². The fourth-order valence-corrected chi connectivity index (χ4v) is 3.92. The van der Waals surface area contributed by atoms with Crippen molar-refractivity contribution in [2.24, 2.45) is 5.92 Å². The van der Waals surface area contributed by atoms with E-state index in [0.717, 1.165) is 31.2 Å². The molecule has 1 atom stereocenters. The van der Waals surface area contributed by atoms with Crippen LogP contribution in [0.1, 0.15) is 36.6 Å². The van der Waals surface area contributed by atoms with Crippen molar-refractivity contribution >= 4 is 23.6 Å². The van der Waals surface area contributed by atoms with E-state index in [4.69, 9.17) is 0 Å².